The van der Waals surface area contributed by atoms with E-state index in [9.17, 15) is 9.90 Å². The van der Waals surface area contributed by atoms with Gasteiger partial charge in [-0.2, -0.15) is 0 Å². The molecule has 0 radical (unpaired) electrons. The van der Waals surface area contributed by atoms with Crippen molar-refractivity contribution in [3.63, 3.8) is 0 Å². The van der Waals surface area contributed by atoms with Crippen molar-refractivity contribution in [3.05, 3.63) is 71.8 Å². The Morgan fingerprint density at radius 1 is 1.00 bits per heavy atom. The second-order valence-corrected chi connectivity index (χ2v) is 7.28. The van der Waals surface area contributed by atoms with Crippen LogP contribution < -0.4 is 0 Å². The van der Waals surface area contributed by atoms with Gasteiger partial charge < -0.3 is 14.6 Å². The van der Waals surface area contributed by atoms with Gasteiger partial charge in [0.15, 0.2) is 0 Å². The fourth-order valence-corrected chi connectivity index (χ4v) is 4.28. The minimum absolute atomic E-state index is 0.0170. The Balaban J connectivity index is 1.53. The van der Waals surface area contributed by atoms with Gasteiger partial charge in [0.05, 0.1) is 24.9 Å². The first-order chi connectivity index (χ1) is 13.3. The SMILES string of the molecule is O=C(OCc1ccccc1)N(Cc1ccccc1)[C@@H]1[C@H](CO)[C@@H]2CC[C@H]1O2. The average molecular weight is 367 g/mol. The smallest absolute Gasteiger partial charge is 0.410 e. The van der Waals surface area contributed by atoms with Crippen molar-refractivity contribution >= 4 is 6.09 Å². The molecule has 5 heteroatoms. The highest BCUT2D eigenvalue weighted by molar-refractivity contribution is 5.68. The molecule has 2 aliphatic rings. The first kappa shape index (κ1) is 18.0. The second kappa shape index (κ2) is 8.11. The summed E-state index contributed by atoms with van der Waals surface area (Å²) in [6, 6.07) is 19.4. The Morgan fingerprint density at radius 3 is 2.30 bits per heavy atom. The molecule has 0 aliphatic carbocycles. The van der Waals surface area contributed by atoms with Crippen LogP contribution in [-0.4, -0.2) is 41.0 Å². The number of rotatable bonds is 6. The normalized spacial score (nSPS) is 26.1. The number of hydrogen-bond donors (Lipinski definition) is 1. The molecule has 2 aliphatic heterocycles. The van der Waals surface area contributed by atoms with Crippen LogP contribution in [-0.2, 0) is 22.6 Å². The van der Waals surface area contributed by atoms with Gasteiger partial charge in [0.2, 0.25) is 0 Å². The lowest BCUT2D eigenvalue weighted by Crippen LogP contribution is -2.50. The molecular formula is C22H25NO4. The molecule has 2 bridgehead atoms. The van der Waals surface area contributed by atoms with Crippen molar-refractivity contribution in [1.29, 1.82) is 0 Å². The maximum Gasteiger partial charge on any atom is 0.410 e. The molecule has 2 heterocycles. The predicted octanol–water partition coefficient (Wildman–Crippen LogP) is 3.36. The molecule has 2 fully saturated rings. The number of fused-ring (bicyclic) bond motifs is 2. The molecule has 4 atom stereocenters. The zero-order valence-corrected chi connectivity index (χ0v) is 15.2. The molecular weight excluding hydrogens is 342 g/mol. The van der Waals surface area contributed by atoms with Crippen molar-refractivity contribution in [2.45, 2.75) is 44.2 Å². The van der Waals surface area contributed by atoms with Crippen LogP contribution >= 0.6 is 0 Å². The summed E-state index contributed by atoms with van der Waals surface area (Å²) in [6.07, 6.45) is 1.51. The van der Waals surface area contributed by atoms with E-state index in [0.717, 1.165) is 24.0 Å². The van der Waals surface area contributed by atoms with Crippen LogP contribution in [0.5, 0.6) is 0 Å². The third kappa shape index (κ3) is 3.84. The van der Waals surface area contributed by atoms with Crippen molar-refractivity contribution in [3.8, 4) is 0 Å². The Kier molecular flexibility index (Phi) is 5.41. The highest BCUT2D eigenvalue weighted by Crippen LogP contribution is 2.42. The van der Waals surface area contributed by atoms with E-state index in [1.807, 2.05) is 60.7 Å². The zero-order valence-electron chi connectivity index (χ0n) is 15.2. The highest BCUT2D eigenvalue weighted by Gasteiger charge is 2.52. The number of nitrogens with zero attached hydrogens (tertiary/aromatic N) is 1. The molecule has 1 N–H and O–H groups in total. The molecule has 142 valence electrons. The summed E-state index contributed by atoms with van der Waals surface area (Å²) in [6.45, 7) is 0.696. The van der Waals surface area contributed by atoms with Crippen LogP contribution in [0.4, 0.5) is 4.79 Å². The zero-order chi connectivity index (χ0) is 18.6. The molecule has 0 aromatic heterocycles. The molecule has 0 unspecified atom stereocenters. The summed E-state index contributed by atoms with van der Waals surface area (Å²) in [5.41, 5.74) is 1.99. The molecule has 4 rings (SSSR count). The predicted molar refractivity (Wildman–Crippen MR) is 101 cm³/mol. The molecule has 0 saturated carbocycles. The van der Waals surface area contributed by atoms with E-state index in [1.54, 1.807) is 4.90 Å². The molecule has 27 heavy (non-hydrogen) atoms. The maximum absolute atomic E-state index is 13.0. The van der Waals surface area contributed by atoms with Gasteiger partial charge in [-0.25, -0.2) is 4.79 Å². The lowest BCUT2D eigenvalue weighted by Gasteiger charge is -2.36. The van der Waals surface area contributed by atoms with Crippen LogP contribution in [0.1, 0.15) is 24.0 Å². The lowest BCUT2D eigenvalue weighted by atomic mass is 9.84. The maximum atomic E-state index is 13.0. The Bertz CT molecular complexity index is 751. The minimum atomic E-state index is -0.359. The topological polar surface area (TPSA) is 59.0 Å². The summed E-state index contributed by atoms with van der Waals surface area (Å²) in [5, 5.41) is 9.90. The molecule has 2 aromatic rings. The Morgan fingerprint density at radius 2 is 1.63 bits per heavy atom. The summed E-state index contributed by atoms with van der Waals surface area (Å²) in [4.78, 5) is 14.8. The number of benzene rings is 2. The molecule has 2 aromatic carbocycles. The fourth-order valence-electron chi connectivity index (χ4n) is 4.28. The third-order valence-corrected chi connectivity index (χ3v) is 5.59. The highest BCUT2D eigenvalue weighted by atomic mass is 16.6. The number of carbonyl (C=O) groups excluding carboxylic acids is 1. The van der Waals surface area contributed by atoms with Crippen molar-refractivity contribution < 1.29 is 19.4 Å². The monoisotopic (exact) mass is 367 g/mol. The van der Waals surface area contributed by atoms with Crippen LogP contribution in [0.3, 0.4) is 0 Å². The number of hydrogen-bond acceptors (Lipinski definition) is 4. The van der Waals surface area contributed by atoms with Gasteiger partial charge >= 0.3 is 6.09 Å². The van der Waals surface area contributed by atoms with Crippen molar-refractivity contribution in [1.82, 2.24) is 4.90 Å². The van der Waals surface area contributed by atoms with E-state index in [0.29, 0.717) is 6.54 Å². The second-order valence-electron chi connectivity index (χ2n) is 7.28. The van der Waals surface area contributed by atoms with E-state index >= 15 is 0 Å². The quantitative estimate of drug-likeness (QED) is 0.851. The van der Waals surface area contributed by atoms with Crippen LogP contribution in [0.25, 0.3) is 0 Å². The molecule has 5 nitrogen and oxygen atoms in total. The van der Waals surface area contributed by atoms with E-state index in [4.69, 9.17) is 9.47 Å². The summed E-state index contributed by atoms with van der Waals surface area (Å²) < 4.78 is 11.6. The van der Waals surface area contributed by atoms with Gasteiger partial charge in [0, 0.05) is 12.5 Å². The Hall–Kier alpha value is -2.37. The summed E-state index contributed by atoms with van der Waals surface area (Å²) in [5.74, 6) is -0.0586. The minimum Gasteiger partial charge on any atom is -0.445 e. The number of amides is 1. The molecule has 1 amide bonds. The number of carbonyl (C=O) groups is 1. The fraction of sp³-hybridized carbons (Fsp3) is 0.409. The van der Waals surface area contributed by atoms with E-state index in [2.05, 4.69) is 0 Å². The van der Waals surface area contributed by atoms with Gasteiger partial charge in [0.1, 0.15) is 6.61 Å². The van der Waals surface area contributed by atoms with Crippen molar-refractivity contribution in [2.24, 2.45) is 5.92 Å². The molecule has 0 spiro atoms. The first-order valence-electron chi connectivity index (χ1n) is 9.54. The largest absolute Gasteiger partial charge is 0.445 e. The van der Waals surface area contributed by atoms with Crippen molar-refractivity contribution in [2.75, 3.05) is 6.61 Å². The summed E-state index contributed by atoms with van der Waals surface area (Å²) in [7, 11) is 0. The summed E-state index contributed by atoms with van der Waals surface area (Å²) >= 11 is 0. The van der Waals surface area contributed by atoms with Gasteiger partial charge in [-0.3, -0.25) is 4.90 Å². The number of ether oxygens (including phenoxy) is 2. The van der Waals surface area contributed by atoms with Crippen LogP contribution in [0, 0.1) is 5.92 Å². The molecule has 2 saturated heterocycles. The van der Waals surface area contributed by atoms with E-state index in [-0.39, 0.29) is 43.5 Å². The van der Waals surface area contributed by atoms with Gasteiger partial charge in [-0.1, -0.05) is 60.7 Å². The van der Waals surface area contributed by atoms with Gasteiger partial charge in [-0.05, 0) is 24.0 Å². The van der Waals surface area contributed by atoms with E-state index in [1.165, 1.54) is 0 Å². The lowest BCUT2D eigenvalue weighted by molar-refractivity contribution is 0.0407. The van der Waals surface area contributed by atoms with Gasteiger partial charge in [0.25, 0.3) is 0 Å². The van der Waals surface area contributed by atoms with Crippen LogP contribution in [0.2, 0.25) is 0 Å². The van der Waals surface area contributed by atoms with E-state index < -0.39 is 0 Å². The number of aliphatic hydroxyl groups is 1. The average Bonchev–Trinajstić information content (AvgIpc) is 3.33. The van der Waals surface area contributed by atoms with Crippen LogP contribution in [0.15, 0.2) is 60.7 Å². The Labute approximate surface area is 159 Å². The first-order valence-corrected chi connectivity index (χ1v) is 9.54. The number of aliphatic hydroxyl groups excluding tert-OH is 1. The third-order valence-electron chi connectivity index (χ3n) is 5.59. The van der Waals surface area contributed by atoms with Gasteiger partial charge in [-0.15, -0.1) is 0 Å². The standard InChI is InChI=1S/C22H25NO4/c24-14-18-19-11-12-20(27-19)21(18)23(13-16-7-3-1-4-8-16)22(25)26-15-17-9-5-2-6-10-17/h1-10,18-21,24H,11-15H2/t18-,19+,20-,21-/m1/s1.